The zero-order valence-electron chi connectivity index (χ0n) is 62.6. The van der Waals surface area contributed by atoms with Crippen LogP contribution in [-0.4, -0.2) is 106 Å². The number of hydrogen-bond donors (Lipinski definition) is 0. The first-order valence-electron chi connectivity index (χ1n) is 31.8. The molecule has 1 spiro atoms. The molecule has 90 heavy (non-hydrogen) atoms. The Morgan fingerprint density at radius 3 is 1.10 bits per heavy atom. The van der Waals surface area contributed by atoms with Gasteiger partial charge < -0.3 is 46.7 Å². The average Bonchev–Trinajstić information content (AvgIpc) is 1.61. The summed E-state index contributed by atoms with van der Waals surface area (Å²) in [5.74, 6) is 0.435. The van der Waals surface area contributed by atoms with Crippen molar-refractivity contribution in [1.29, 1.82) is 0 Å². The zero-order chi connectivity index (χ0) is 71.3. The number of ether oxygens (including phenoxy) is 9. The lowest BCUT2D eigenvalue weighted by molar-refractivity contribution is -0.302. The molecule has 3 aromatic carbocycles. The third kappa shape index (κ3) is 56.9. The number of benzene rings is 3. The van der Waals surface area contributed by atoms with Gasteiger partial charge in [-0.3, -0.25) is 19.2 Å². The maximum atomic E-state index is 11.3. The Balaban J connectivity index is -0.000000303. The third-order valence-electron chi connectivity index (χ3n) is 11.3. The summed E-state index contributed by atoms with van der Waals surface area (Å²) in [7, 11) is 0.737. The van der Waals surface area contributed by atoms with Gasteiger partial charge in [-0.15, -0.1) is 6.58 Å². The lowest BCUT2D eigenvalue weighted by Crippen LogP contribution is -2.52. The third-order valence-corrected chi connectivity index (χ3v) is 19.2. The van der Waals surface area contributed by atoms with E-state index in [1.54, 1.807) is 20.3 Å². The van der Waals surface area contributed by atoms with Crippen molar-refractivity contribution in [2.75, 3.05) is 47.4 Å². The van der Waals surface area contributed by atoms with Crippen molar-refractivity contribution < 1.29 is 70.7 Å². The van der Waals surface area contributed by atoms with E-state index in [1.165, 1.54) is 50.9 Å². The number of hydrogen-bond acceptors (Lipinski definition) is 15. The molecule has 3 heterocycles. The molecule has 520 valence electrons. The van der Waals surface area contributed by atoms with Crippen molar-refractivity contribution in [3.05, 3.63) is 108 Å². The van der Waals surface area contributed by atoms with Crippen LogP contribution in [0.5, 0.6) is 11.5 Å². The first-order valence-corrected chi connectivity index (χ1v) is 38.0. The van der Waals surface area contributed by atoms with Gasteiger partial charge in [0.2, 0.25) is 6.79 Å². The van der Waals surface area contributed by atoms with E-state index < -0.39 is 34.2 Å². The van der Waals surface area contributed by atoms with Crippen LogP contribution in [0, 0.1) is 16.2 Å². The van der Waals surface area contributed by atoms with E-state index in [0.29, 0.717) is 48.2 Å². The molecular weight excluding hydrogens is 1170 g/mol. The van der Waals surface area contributed by atoms with Gasteiger partial charge in [0.1, 0.15) is 28.7 Å². The van der Waals surface area contributed by atoms with Crippen molar-refractivity contribution in [1.82, 2.24) is 0 Å². The predicted molar refractivity (Wildman–Crippen MR) is 377 cm³/mol. The van der Waals surface area contributed by atoms with Crippen molar-refractivity contribution in [2.45, 2.75) is 254 Å². The molecule has 0 amide bonds. The minimum atomic E-state index is -1.27. The Morgan fingerprint density at radius 1 is 0.556 bits per heavy atom. The summed E-state index contributed by atoms with van der Waals surface area (Å²) in [6, 6.07) is 28.0. The molecule has 3 aliphatic heterocycles. The summed E-state index contributed by atoms with van der Waals surface area (Å²) in [6.45, 7) is 65.1. The van der Waals surface area contributed by atoms with E-state index in [0.717, 1.165) is 29.9 Å². The van der Waals surface area contributed by atoms with Gasteiger partial charge in [0.25, 0.3) is 0 Å². The maximum absolute atomic E-state index is 11.3. The minimum Gasteiger partial charge on any atom is -0.497 e. The molecule has 17 heteroatoms. The van der Waals surface area contributed by atoms with Crippen LogP contribution in [0.15, 0.2) is 91.0 Å². The van der Waals surface area contributed by atoms with E-state index in [9.17, 15) is 24.0 Å². The number of carbonyl (C=O) groups is 5. The quantitative estimate of drug-likeness (QED) is 0.0549. The molecule has 0 N–H and O–H groups in total. The molecule has 3 aliphatic rings. The smallest absolute Gasteiger partial charge is 0.339 e. The second-order valence-corrected chi connectivity index (χ2v) is 37.1. The number of allylic oxidation sites excluding steroid dienone is 1. The van der Waals surface area contributed by atoms with Crippen molar-refractivity contribution in [3.63, 3.8) is 0 Å². The van der Waals surface area contributed by atoms with Crippen LogP contribution in [-0.2, 0) is 67.5 Å². The summed E-state index contributed by atoms with van der Waals surface area (Å²) < 4.78 is 52.3. The number of rotatable bonds is 12. The van der Waals surface area contributed by atoms with E-state index in [4.69, 9.17) is 37.3 Å². The van der Waals surface area contributed by atoms with Crippen LogP contribution in [0.2, 0.25) is 38.3 Å². The van der Waals surface area contributed by atoms with Crippen molar-refractivity contribution >= 4 is 46.1 Å². The normalized spacial score (nSPS) is 16.6. The van der Waals surface area contributed by atoms with Gasteiger partial charge in [0, 0.05) is 19.4 Å². The first-order chi connectivity index (χ1) is 41.2. The summed E-state index contributed by atoms with van der Waals surface area (Å²) in [5.41, 5.74) is 5.01. The molecule has 0 aliphatic carbocycles. The lowest BCUT2D eigenvalue weighted by atomic mass is 9.87. The fourth-order valence-corrected chi connectivity index (χ4v) is 13.7. The van der Waals surface area contributed by atoms with Crippen LogP contribution in [0.25, 0.3) is 0 Å². The molecule has 0 radical (unpaired) electrons. The molecule has 15 nitrogen and oxygen atoms in total. The van der Waals surface area contributed by atoms with Gasteiger partial charge in [-0.05, 0) is 145 Å². The standard InChI is InChI=1S/C11H20O4.C10H10O2.C10H14.C8H10O2.C8H22OSi2.C5H8O4.C5H8O2.2C5H12.C4H8.C2H6/c1-3-9-12-5-11(6-13-9)7-14-10(4-2)15-8-11;1-10(2)8-6-4-3-5-7(8)9(11)12-10;1-10(2,3)9-7-5-4-6-8-9;1-9-7-3-5-8(10-2)6-4-7;1-7-10(3,4)9-11(5,6)8-2;1-4(6)8-3-9-5(2)7;1-4(6)3-5(2)7;2*1-5(2,3)4;1-4(2)3;1-2/h9-10H,3-8H2,1-2H3;3-6H,1-2H3;4-8H,1-3H3;3-6H,1-2H3;7-8H2,1-6H3;3H2,1-2H3;3H2,1-2H3;2*1-4H3;1H2,2-3H3;1-2H3. The summed E-state index contributed by atoms with van der Waals surface area (Å²) >= 11 is 0. The molecule has 0 bridgehead atoms. The Hall–Kier alpha value is -5.02. The fourth-order valence-electron chi connectivity index (χ4n) is 6.51. The lowest BCUT2D eigenvalue weighted by Gasteiger charge is -2.43. The second-order valence-electron chi connectivity index (χ2n) is 27.9. The number of carbonyl (C=O) groups excluding carboxylic acids is 5. The highest BCUT2D eigenvalue weighted by Crippen LogP contribution is 2.35. The van der Waals surface area contributed by atoms with Crippen LogP contribution in [0.3, 0.4) is 0 Å². The van der Waals surface area contributed by atoms with Gasteiger partial charge in [-0.1, -0.05) is 172 Å². The van der Waals surface area contributed by atoms with Gasteiger partial charge >= 0.3 is 17.9 Å². The highest BCUT2D eigenvalue weighted by molar-refractivity contribution is 6.84. The molecule has 2 saturated heterocycles. The Morgan fingerprint density at radius 2 is 0.867 bits per heavy atom. The predicted octanol–water partition coefficient (Wildman–Crippen LogP) is 19.1. The van der Waals surface area contributed by atoms with E-state index in [1.807, 2.05) is 84.0 Å². The number of ketones is 2. The number of cyclic esters (lactones) is 1. The second kappa shape index (κ2) is 48.7. The average molecular weight is 1300 g/mol. The van der Waals surface area contributed by atoms with Gasteiger partial charge in [-0.25, -0.2) is 4.79 Å². The molecular formula is C73H130O15Si2. The Kier molecular flexibility index (Phi) is 50.7. The molecule has 0 saturated carbocycles. The van der Waals surface area contributed by atoms with E-state index in [2.05, 4.69) is 176 Å². The van der Waals surface area contributed by atoms with Gasteiger partial charge in [0.15, 0.2) is 29.2 Å². The van der Waals surface area contributed by atoms with Crippen LogP contribution in [0.1, 0.15) is 214 Å². The van der Waals surface area contributed by atoms with Gasteiger partial charge in [0.05, 0.1) is 58.0 Å². The maximum Gasteiger partial charge on any atom is 0.339 e. The zero-order valence-corrected chi connectivity index (χ0v) is 64.6. The van der Waals surface area contributed by atoms with Gasteiger partial charge in [-0.2, -0.15) is 0 Å². The highest BCUT2D eigenvalue weighted by atomic mass is 28.4. The van der Waals surface area contributed by atoms with Crippen LogP contribution in [0.4, 0.5) is 0 Å². The highest BCUT2D eigenvalue weighted by Gasteiger charge is 2.41. The van der Waals surface area contributed by atoms with E-state index in [-0.39, 0.29) is 48.7 Å². The molecule has 0 atom stereocenters. The summed E-state index contributed by atoms with van der Waals surface area (Å²) in [5, 5.41) is 0. The number of Topliss-reactive ketones (excluding diaryl/α,β-unsaturated/α-hetero) is 2. The topological polar surface area (TPSA) is 178 Å². The van der Waals surface area contributed by atoms with Crippen LogP contribution < -0.4 is 9.47 Å². The molecule has 0 aromatic heterocycles. The Labute approximate surface area is 551 Å². The largest absolute Gasteiger partial charge is 0.497 e. The Bertz CT molecular complexity index is 2250. The monoisotopic (exact) mass is 1300 g/mol. The van der Waals surface area contributed by atoms with E-state index >= 15 is 0 Å². The van der Waals surface area contributed by atoms with Crippen molar-refractivity contribution in [2.24, 2.45) is 16.2 Å². The number of methoxy groups -OCH3 is 2. The van der Waals surface area contributed by atoms with Crippen molar-refractivity contribution in [3.8, 4) is 11.5 Å². The molecule has 3 aromatic rings. The number of fused-ring (bicyclic) bond motifs is 1. The first kappa shape index (κ1) is 93.7. The molecule has 2 fully saturated rings. The van der Waals surface area contributed by atoms with Crippen LogP contribution >= 0.6 is 0 Å². The summed E-state index contributed by atoms with van der Waals surface area (Å²) in [4.78, 5) is 51.3. The number of esters is 3. The SMILES string of the molecule is C=C(C)C.CC.CC(=O)CC(C)=O.CC(=O)OCOC(C)=O.CC(C)(C)C.CC(C)(C)C.CC(C)(C)c1ccccc1.CC1(C)OC(=O)c2ccccc21.CCC1OCC2(CO1)COC(CC)OC2.CC[Si](C)(C)O[Si](C)(C)CC.COc1ccc(OC)cc1. The molecule has 6 rings (SSSR count). The summed E-state index contributed by atoms with van der Waals surface area (Å²) in [6.07, 6.45) is 1.80. The fraction of sp³-hybridized carbons (Fsp3) is 0.658. The molecule has 0 unspecified atom stereocenters. The minimum absolute atomic E-state index is 0.0421.